The summed E-state index contributed by atoms with van der Waals surface area (Å²) >= 11 is 0. The first-order chi connectivity index (χ1) is 7.83. The van der Waals surface area contributed by atoms with E-state index in [1.165, 1.54) is 38.5 Å². The van der Waals surface area contributed by atoms with E-state index >= 15 is 0 Å². The van der Waals surface area contributed by atoms with Crippen molar-refractivity contribution < 1.29 is 52.4 Å². The minimum absolute atomic E-state index is 0. The van der Waals surface area contributed by atoms with Gasteiger partial charge < -0.3 is 12.0 Å². The minimum Gasteiger partial charge on any atom is -0.480 e. The Balaban J connectivity index is -0.000000238. The standard InChI is InChI=1S/C9H19.C2H4O5S.Na/c1-3-5-7-9-8-6-4-2;3-2(4)1-8(5,6)7;/h1,3-9H2,2H3;1H2,(H,3,4)(H,5,6,7);/q-1;;+1. The zero-order valence-corrected chi connectivity index (χ0v) is 14.2. The van der Waals surface area contributed by atoms with Crippen molar-refractivity contribution in [2.75, 3.05) is 5.75 Å². The first-order valence-corrected chi connectivity index (χ1v) is 7.40. The fraction of sp³-hybridized carbons (Fsp3) is 0.818. The maximum Gasteiger partial charge on any atom is 1.00 e. The monoisotopic (exact) mass is 290 g/mol. The van der Waals surface area contributed by atoms with E-state index in [2.05, 4.69) is 13.8 Å². The van der Waals surface area contributed by atoms with Crippen molar-refractivity contribution >= 4 is 16.1 Å². The molecule has 0 aliphatic heterocycles. The first-order valence-electron chi connectivity index (χ1n) is 5.79. The average molecular weight is 290 g/mol. The molecule has 0 heterocycles. The van der Waals surface area contributed by atoms with Crippen LogP contribution in [-0.2, 0) is 14.9 Å². The Bertz CT molecular complexity index is 271. The number of carboxylic acids is 1. The van der Waals surface area contributed by atoms with Crippen LogP contribution in [0.1, 0.15) is 51.9 Å². The van der Waals surface area contributed by atoms with Crippen molar-refractivity contribution in [1.29, 1.82) is 0 Å². The van der Waals surface area contributed by atoms with Crippen molar-refractivity contribution in [3.63, 3.8) is 0 Å². The third-order valence-corrected chi connectivity index (χ3v) is 2.52. The summed E-state index contributed by atoms with van der Waals surface area (Å²) in [6.45, 7) is 6.05. The molecule has 104 valence electrons. The summed E-state index contributed by atoms with van der Waals surface area (Å²) in [6.07, 6.45) is 9.45. The number of aliphatic carboxylic acids is 1. The van der Waals surface area contributed by atoms with Gasteiger partial charge in [0.1, 0.15) is 0 Å². The second-order valence-corrected chi connectivity index (χ2v) is 5.19. The molecule has 0 aliphatic carbocycles. The molecule has 0 saturated carbocycles. The van der Waals surface area contributed by atoms with E-state index in [0.717, 1.165) is 6.42 Å². The predicted octanol–water partition coefficient (Wildman–Crippen LogP) is -0.466. The molecule has 7 heteroatoms. The molecule has 18 heavy (non-hydrogen) atoms. The predicted molar refractivity (Wildman–Crippen MR) is 67.4 cm³/mol. The van der Waals surface area contributed by atoms with Gasteiger partial charge in [0.2, 0.25) is 0 Å². The molecule has 0 aromatic rings. The van der Waals surface area contributed by atoms with E-state index in [4.69, 9.17) is 9.66 Å². The molecule has 0 fully saturated rings. The number of hydrogen-bond donors (Lipinski definition) is 2. The van der Waals surface area contributed by atoms with E-state index in [-0.39, 0.29) is 29.6 Å². The van der Waals surface area contributed by atoms with Crippen molar-refractivity contribution in [2.45, 2.75) is 51.9 Å². The average Bonchev–Trinajstić information content (AvgIpc) is 2.15. The molecule has 0 aromatic heterocycles. The van der Waals surface area contributed by atoms with Gasteiger partial charge in [0.05, 0.1) is 0 Å². The van der Waals surface area contributed by atoms with Crippen LogP contribution < -0.4 is 29.6 Å². The van der Waals surface area contributed by atoms with E-state index < -0.39 is 21.8 Å². The smallest absolute Gasteiger partial charge is 0.480 e. The van der Waals surface area contributed by atoms with Gasteiger partial charge in [-0.15, -0.1) is 0 Å². The number of carboxylic acid groups (broad SMARTS) is 1. The van der Waals surface area contributed by atoms with Crippen molar-refractivity contribution in [3.05, 3.63) is 6.92 Å². The summed E-state index contributed by atoms with van der Waals surface area (Å²) in [6, 6.07) is 0. The van der Waals surface area contributed by atoms with Crippen LogP contribution in [0, 0.1) is 6.92 Å². The second kappa shape index (κ2) is 15.4. The quantitative estimate of drug-likeness (QED) is 0.273. The van der Waals surface area contributed by atoms with E-state index in [1.54, 1.807) is 0 Å². The van der Waals surface area contributed by atoms with E-state index in [9.17, 15) is 13.2 Å². The zero-order valence-electron chi connectivity index (χ0n) is 11.4. The zero-order chi connectivity index (χ0) is 13.7. The van der Waals surface area contributed by atoms with Gasteiger partial charge in [-0.05, 0) is 0 Å². The molecule has 0 rings (SSSR count). The van der Waals surface area contributed by atoms with Crippen molar-refractivity contribution in [2.24, 2.45) is 0 Å². The summed E-state index contributed by atoms with van der Waals surface area (Å²) in [5, 5.41) is 7.71. The Morgan fingerprint density at radius 2 is 1.56 bits per heavy atom. The Labute approximate surface area is 132 Å². The third kappa shape index (κ3) is 29.9. The number of rotatable bonds is 8. The molecule has 0 spiro atoms. The maximum atomic E-state index is 9.62. The summed E-state index contributed by atoms with van der Waals surface area (Å²) in [4.78, 5) is 9.48. The largest absolute Gasteiger partial charge is 1.00 e. The summed E-state index contributed by atoms with van der Waals surface area (Å²) in [7, 11) is -4.32. The van der Waals surface area contributed by atoms with E-state index in [0.29, 0.717) is 0 Å². The molecule has 0 saturated heterocycles. The minimum atomic E-state index is -4.32. The van der Waals surface area contributed by atoms with Gasteiger partial charge in [0.25, 0.3) is 10.1 Å². The molecule has 0 radical (unpaired) electrons. The fourth-order valence-corrected chi connectivity index (χ4v) is 1.43. The van der Waals surface area contributed by atoms with Crippen LogP contribution in [0.2, 0.25) is 0 Å². The molecule has 0 aromatic carbocycles. The second-order valence-electron chi connectivity index (χ2n) is 3.74. The molecule has 5 nitrogen and oxygen atoms in total. The van der Waals surface area contributed by atoms with Crippen LogP contribution in [0.15, 0.2) is 0 Å². The van der Waals surface area contributed by atoms with Crippen molar-refractivity contribution in [3.8, 4) is 0 Å². The van der Waals surface area contributed by atoms with Gasteiger partial charge in [-0.2, -0.15) is 14.8 Å². The first kappa shape index (κ1) is 23.5. The molecule has 0 aliphatic rings. The summed E-state index contributed by atoms with van der Waals surface area (Å²) in [5.41, 5.74) is 0. The normalized spacial score (nSPS) is 9.94. The molecule has 0 amide bonds. The van der Waals surface area contributed by atoms with Gasteiger partial charge >= 0.3 is 35.5 Å². The Morgan fingerprint density at radius 1 is 1.11 bits per heavy atom. The summed E-state index contributed by atoms with van der Waals surface area (Å²) in [5.74, 6) is -2.79. The van der Waals surface area contributed by atoms with Crippen LogP contribution in [-0.4, -0.2) is 29.8 Å². The Morgan fingerprint density at radius 3 is 1.83 bits per heavy atom. The molecule has 2 N–H and O–H groups in total. The molecular formula is C11H23NaO5S. The fourth-order valence-electron chi connectivity index (χ4n) is 1.11. The van der Waals surface area contributed by atoms with Gasteiger partial charge in [0.15, 0.2) is 5.75 Å². The van der Waals surface area contributed by atoms with Gasteiger partial charge in [-0.3, -0.25) is 9.35 Å². The third-order valence-electron chi connectivity index (χ3n) is 1.91. The van der Waals surface area contributed by atoms with Crippen LogP contribution in [0.3, 0.4) is 0 Å². The van der Waals surface area contributed by atoms with Crippen LogP contribution >= 0.6 is 0 Å². The topological polar surface area (TPSA) is 91.7 Å². The summed E-state index contributed by atoms with van der Waals surface area (Å²) < 4.78 is 27.0. The van der Waals surface area contributed by atoms with Crippen LogP contribution in [0.4, 0.5) is 0 Å². The number of unbranched alkanes of at least 4 members (excludes halogenated alkanes) is 6. The van der Waals surface area contributed by atoms with Crippen molar-refractivity contribution in [1.82, 2.24) is 0 Å². The number of hydrogen-bond acceptors (Lipinski definition) is 3. The number of carbonyl (C=O) groups is 1. The van der Waals surface area contributed by atoms with E-state index in [1.807, 2.05) is 0 Å². The van der Waals surface area contributed by atoms with Gasteiger partial charge in [-0.25, -0.2) is 0 Å². The van der Waals surface area contributed by atoms with Gasteiger partial charge in [-0.1, -0.05) is 45.4 Å². The van der Waals surface area contributed by atoms with Gasteiger partial charge in [0, 0.05) is 0 Å². The maximum absolute atomic E-state index is 9.62. The molecule has 0 atom stereocenters. The van der Waals surface area contributed by atoms with Crippen LogP contribution in [0.5, 0.6) is 0 Å². The molecule has 0 unspecified atom stereocenters. The molecular weight excluding hydrogens is 267 g/mol. The Kier molecular flexibility index (Phi) is 20.1. The SMILES string of the molecule is O=C(O)CS(=O)(=O)O.[CH2-]CCCCCCCC.[Na+]. The van der Waals surface area contributed by atoms with Crippen LogP contribution in [0.25, 0.3) is 0 Å². The Hall–Kier alpha value is 0.380. The molecule has 0 bridgehead atoms.